The molecule has 0 aliphatic heterocycles. The van der Waals surface area contributed by atoms with E-state index < -0.39 is 0 Å². The van der Waals surface area contributed by atoms with Gasteiger partial charge in [-0.3, -0.25) is 4.79 Å². The Hall–Kier alpha value is -1.45. The van der Waals surface area contributed by atoms with Gasteiger partial charge in [0.15, 0.2) is 5.78 Å². The predicted octanol–water partition coefficient (Wildman–Crippen LogP) is 1.08. The molecule has 1 heterocycles. The Labute approximate surface area is 70.6 Å². The van der Waals surface area contributed by atoms with Gasteiger partial charge < -0.3 is 4.74 Å². The number of methoxy groups -OCH3 is 1. The van der Waals surface area contributed by atoms with E-state index in [-0.39, 0.29) is 5.78 Å². The van der Waals surface area contributed by atoms with E-state index >= 15 is 0 Å². The molecule has 0 N–H and O–H groups in total. The Kier molecular flexibility index (Phi) is 2.74. The van der Waals surface area contributed by atoms with Crippen LogP contribution < -0.4 is 4.74 Å². The summed E-state index contributed by atoms with van der Waals surface area (Å²) in [5, 5.41) is 0. The summed E-state index contributed by atoms with van der Waals surface area (Å²) in [6.45, 7) is 1.79. The lowest BCUT2D eigenvalue weighted by Crippen LogP contribution is -2.01. The van der Waals surface area contributed by atoms with E-state index in [1.54, 1.807) is 6.92 Å². The molecule has 0 atom stereocenters. The number of nitrogens with zero attached hydrogens (tertiary/aromatic N) is 2. The van der Waals surface area contributed by atoms with Gasteiger partial charge in [0.25, 0.3) is 0 Å². The van der Waals surface area contributed by atoms with Crippen molar-refractivity contribution in [3.05, 3.63) is 18.1 Å². The molecule has 0 saturated carbocycles. The second-order valence-corrected chi connectivity index (χ2v) is 2.22. The number of aromatic nitrogens is 2. The zero-order chi connectivity index (χ0) is 8.97. The SMILES string of the molecule is CCC(=O)c1cnc(OC)cn1. The van der Waals surface area contributed by atoms with Crippen molar-refractivity contribution in [1.29, 1.82) is 0 Å². The van der Waals surface area contributed by atoms with Crippen molar-refractivity contribution in [3.63, 3.8) is 0 Å². The minimum absolute atomic E-state index is 0.00912. The maximum absolute atomic E-state index is 11.1. The molecular weight excluding hydrogens is 156 g/mol. The smallest absolute Gasteiger partial charge is 0.232 e. The first-order valence-corrected chi connectivity index (χ1v) is 3.67. The fourth-order valence-electron chi connectivity index (χ4n) is 0.747. The summed E-state index contributed by atoms with van der Waals surface area (Å²) in [6.07, 6.45) is 3.30. The van der Waals surface area contributed by atoms with E-state index in [0.717, 1.165) is 0 Å². The molecule has 0 amide bonds. The molecule has 64 valence electrons. The normalized spacial score (nSPS) is 9.50. The van der Waals surface area contributed by atoms with Crippen molar-refractivity contribution in [2.75, 3.05) is 7.11 Å². The van der Waals surface area contributed by atoms with Crippen molar-refractivity contribution in [2.45, 2.75) is 13.3 Å². The van der Waals surface area contributed by atoms with E-state index in [4.69, 9.17) is 4.74 Å². The van der Waals surface area contributed by atoms with Gasteiger partial charge >= 0.3 is 0 Å². The molecule has 12 heavy (non-hydrogen) atoms. The van der Waals surface area contributed by atoms with E-state index in [2.05, 4.69) is 9.97 Å². The summed E-state index contributed by atoms with van der Waals surface area (Å²) in [6, 6.07) is 0. The third-order valence-corrected chi connectivity index (χ3v) is 1.44. The quantitative estimate of drug-likeness (QED) is 0.630. The van der Waals surface area contributed by atoms with E-state index in [9.17, 15) is 4.79 Å². The van der Waals surface area contributed by atoms with E-state index in [1.807, 2.05) is 0 Å². The zero-order valence-electron chi connectivity index (χ0n) is 7.07. The summed E-state index contributed by atoms with van der Waals surface area (Å²) >= 11 is 0. The first-order valence-electron chi connectivity index (χ1n) is 3.67. The van der Waals surface area contributed by atoms with Crippen LogP contribution in [0.4, 0.5) is 0 Å². The molecule has 0 aliphatic rings. The van der Waals surface area contributed by atoms with Gasteiger partial charge in [0.2, 0.25) is 5.88 Å². The topological polar surface area (TPSA) is 52.1 Å². The molecule has 0 radical (unpaired) electrons. The number of carbonyl (C=O) groups is 1. The van der Waals surface area contributed by atoms with E-state index in [0.29, 0.717) is 18.0 Å². The van der Waals surface area contributed by atoms with Crippen molar-refractivity contribution >= 4 is 5.78 Å². The third-order valence-electron chi connectivity index (χ3n) is 1.44. The molecule has 0 saturated heterocycles. The Balaban J connectivity index is 2.84. The Morgan fingerprint density at radius 3 is 2.67 bits per heavy atom. The number of ether oxygens (including phenoxy) is 1. The Morgan fingerprint density at radius 1 is 1.50 bits per heavy atom. The van der Waals surface area contributed by atoms with Crippen LogP contribution in [-0.2, 0) is 0 Å². The van der Waals surface area contributed by atoms with Crippen molar-refractivity contribution in [3.8, 4) is 5.88 Å². The number of rotatable bonds is 3. The van der Waals surface area contributed by atoms with Crippen LogP contribution in [0.3, 0.4) is 0 Å². The van der Waals surface area contributed by atoms with Gasteiger partial charge in [0, 0.05) is 6.42 Å². The van der Waals surface area contributed by atoms with Gasteiger partial charge in [-0.25, -0.2) is 9.97 Å². The highest BCUT2D eigenvalue weighted by Crippen LogP contribution is 2.03. The number of ketones is 1. The van der Waals surface area contributed by atoms with Crippen LogP contribution in [0.15, 0.2) is 12.4 Å². The van der Waals surface area contributed by atoms with Gasteiger partial charge in [0.1, 0.15) is 5.69 Å². The van der Waals surface area contributed by atoms with Gasteiger partial charge in [-0.2, -0.15) is 0 Å². The van der Waals surface area contributed by atoms with Crippen molar-refractivity contribution in [2.24, 2.45) is 0 Å². The molecule has 0 aromatic carbocycles. The largest absolute Gasteiger partial charge is 0.480 e. The third kappa shape index (κ3) is 1.78. The summed E-state index contributed by atoms with van der Waals surface area (Å²) in [5.41, 5.74) is 0.387. The summed E-state index contributed by atoms with van der Waals surface area (Å²) in [7, 11) is 1.51. The molecular formula is C8H10N2O2. The number of Topliss-reactive ketones (excluding diaryl/α,β-unsaturated/α-hetero) is 1. The van der Waals surface area contributed by atoms with Crippen LogP contribution in [-0.4, -0.2) is 22.9 Å². The molecule has 4 heteroatoms. The first kappa shape index (κ1) is 8.64. The van der Waals surface area contributed by atoms with Gasteiger partial charge in [-0.1, -0.05) is 6.92 Å². The van der Waals surface area contributed by atoms with Crippen LogP contribution in [0, 0.1) is 0 Å². The molecule has 1 rings (SSSR count). The summed E-state index contributed by atoms with van der Waals surface area (Å²) in [5.74, 6) is 0.410. The maximum atomic E-state index is 11.1. The van der Waals surface area contributed by atoms with Crippen LogP contribution in [0.2, 0.25) is 0 Å². The Morgan fingerprint density at radius 2 is 2.25 bits per heavy atom. The highest BCUT2D eigenvalue weighted by molar-refractivity contribution is 5.93. The lowest BCUT2D eigenvalue weighted by atomic mass is 10.2. The minimum atomic E-state index is -0.00912. The first-order chi connectivity index (χ1) is 5.77. The molecule has 0 spiro atoms. The highest BCUT2D eigenvalue weighted by atomic mass is 16.5. The van der Waals surface area contributed by atoms with Crippen molar-refractivity contribution < 1.29 is 9.53 Å². The monoisotopic (exact) mass is 166 g/mol. The second kappa shape index (κ2) is 3.80. The highest BCUT2D eigenvalue weighted by Gasteiger charge is 2.04. The fraction of sp³-hybridized carbons (Fsp3) is 0.375. The average Bonchev–Trinajstić information content (AvgIpc) is 2.17. The molecule has 0 aliphatic carbocycles. The van der Waals surface area contributed by atoms with Crippen LogP contribution in [0.1, 0.15) is 23.8 Å². The number of carbonyl (C=O) groups excluding carboxylic acids is 1. The zero-order valence-corrected chi connectivity index (χ0v) is 7.07. The standard InChI is InChI=1S/C8H10N2O2/c1-3-7(11)6-4-10-8(12-2)5-9-6/h4-5H,3H2,1-2H3. The molecule has 4 nitrogen and oxygen atoms in total. The molecule has 0 fully saturated rings. The minimum Gasteiger partial charge on any atom is -0.480 e. The summed E-state index contributed by atoms with van der Waals surface area (Å²) < 4.78 is 4.80. The van der Waals surface area contributed by atoms with Crippen LogP contribution >= 0.6 is 0 Å². The average molecular weight is 166 g/mol. The lowest BCUT2D eigenvalue weighted by Gasteiger charge is -1.98. The van der Waals surface area contributed by atoms with Crippen LogP contribution in [0.5, 0.6) is 5.88 Å². The lowest BCUT2D eigenvalue weighted by molar-refractivity contribution is 0.0983. The molecule has 1 aromatic heterocycles. The number of hydrogen-bond acceptors (Lipinski definition) is 4. The van der Waals surface area contributed by atoms with Crippen molar-refractivity contribution in [1.82, 2.24) is 9.97 Å². The second-order valence-electron chi connectivity index (χ2n) is 2.22. The predicted molar refractivity (Wildman–Crippen MR) is 43.2 cm³/mol. The number of hydrogen-bond donors (Lipinski definition) is 0. The fourth-order valence-corrected chi connectivity index (χ4v) is 0.747. The van der Waals surface area contributed by atoms with Gasteiger partial charge in [-0.15, -0.1) is 0 Å². The Bertz CT molecular complexity index is 269. The maximum Gasteiger partial charge on any atom is 0.232 e. The van der Waals surface area contributed by atoms with Gasteiger partial charge in [0.05, 0.1) is 19.5 Å². The van der Waals surface area contributed by atoms with E-state index in [1.165, 1.54) is 19.5 Å². The molecule has 0 bridgehead atoms. The van der Waals surface area contributed by atoms with Crippen LogP contribution in [0.25, 0.3) is 0 Å². The molecule has 0 unspecified atom stereocenters. The summed E-state index contributed by atoms with van der Waals surface area (Å²) in [4.78, 5) is 18.8. The van der Waals surface area contributed by atoms with Gasteiger partial charge in [-0.05, 0) is 0 Å². The molecule has 1 aromatic rings.